The Morgan fingerprint density at radius 3 is 2.91 bits per heavy atom. The van der Waals surface area contributed by atoms with Gasteiger partial charge in [-0.15, -0.1) is 11.3 Å². The molecule has 1 amide bonds. The summed E-state index contributed by atoms with van der Waals surface area (Å²) in [4.78, 5) is 27.5. The Morgan fingerprint density at radius 1 is 1.50 bits per heavy atom. The Bertz CT molecular complexity index is 663. The monoisotopic (exact) mass is 386 g/mol. The van der Waals surface area contributed by atoms with Crippen molar-refractivity contribution in [1.29, 1.82) is 0 Å². The molecule has 0 aliphatic carbocycles. The summed E-state index contributed by atoms with van der Waals surface area (Å²) < 4.78 is 7.25. The maximum absolute atomic E-state index is 11.9. The highest BCUT2D eigenvalue weighted by Gasteiger charge is 2.11. The van der Waals surface area contributed by atoms with Gasteiger partial charge in [-0.25, -0.2) is 4.98 Å². The van der Waals surface area contributed by atoms with Crippen molar-refractivity contribution in [2.24, 2.45) is 0 Å². The summed E-state index contributed by atoms with van der Waals surface area (Å²) in [6.07, 6.45) is 1.84. The predicted molar refractivity (Wildman–Crippen MR) is 85.7 cm³/mol. The highest BCUT2D eigenvalue weighted by atomic mass is 79.9. The smallest absolute Gasteiger partial charge is 0.311 e. The Balaban J connectivity index is 1.89. The molecule has 7 nitrogen and oxygen atoms in total. The highest BCUT2D eigenvalue weighted by molar-refractivity contribution is 9.10. The molecule has 0 atom stereocenters. The standard InChI is InChI=1S/C13H15BrN4O3S/c1-3-21-12(20)4-9-7-22-13(15-9)16-11(19)6-18-5-10(14)8(2)17-18/h5,7H,3-4,6H2,1-2H3,(H,15,16,19). The van der Waals surface area contributed by atoms with Crippen molar-refractivity contribution < 1.29 is 14.3 Å². The second-order valence-corrected chi connectivity index (χ2v) is 6.15. The van der Waals surface area contributed by atoms with Crippen LogP contribution in [0, 0.1) is 6.92 Å². The summed E-state index contributed by atoms with van der Waals surface area (Å²) in [5, 5.41) is 9.05. The van der Waals surface area contributed by atoms with Gasteiger partial charge < -0.3 is 10.1 Å². The largest absolute Gasteiger partial charge is 0.466 e. The summed E-state index contributed by atoms with van der Waals surface area (Å²) in [6.45, 7) is 4.03. The van der Waals surface area contributed by atoms with Gasteiger partial charge in [0.15, 0.2) is 5.13 Å². The van der Waals surface area contributed by atoms with E-state index in [9.17, 15) is 9.59 Å². The molecule has 0 radical (unpaired) electrons. The van der Waals surface area contributed by atoms with Gasteiger partial charge in [-0.3, -0.25) is 14.3 Å². The van der Waals surface area contributed by atoms with Gasteiger partial charge >= 0.3 is 5.97 Å². The maximum Gasteiger partial charge on any atom is 0.311 e. The first-order valence-corrected chi connectivity index (χ1v) is 8.24. The molecule has 0 bridgehead atoms. The van der Waals surface area contributed by atoms with E-state index in [0.717, 1.165) is 10.2 Å². The van der Waals surface area contributed by atoms with Crippen LogP contribution in [0.5, 0.6) is 0 Å². The first kappa shape index (κ1) is 16.6. The van der Waals surface area contributed by atoms with Crippen LogP contribution in [0.2, 0.25) is 0 Å². The summed E-state index contributed by atoms with van der Waals surface area (Å²) >= 11 is 4.61. The number of nitrogens with zero attached hydrogens (tertiary/aromatic N) is 3. The maximum atomic E-state index is 11.9. The molecule has 0 saturated heterocycles. The second kappa shape index (κ2) is 7.50. The zero-order chi connectivity index (χ0) is 16.1. The molecule has 0 saturated carbocycles. The zero-order valence-corrected chi connectivity index (χ0v) is 14.5. The van der Waals surface area contributed by atoms with Crippen LogP contribution in [-0.2, 0) is 27.3 Å². The Kier molecular flexibility index (Phi) is 5.67. The van der Waals surface area contributed by atoms with Crippen molar-refractivity contribution >= 4 is 44.3 Å². The molecule has 22 heavy (non-hydrogen) atoms. The number of esters is 1. The number of hydrogen-bond acceptors (Lipinski definition) is 6. The molecular weight excluding hydrogens is 372 g/mol. The van der Waals surface area contributed by atoms with Gasteiger partial charge in [-0.2, -0.15) is 5.10 Å². The van der Waals surface area contributed by atoms with Crippen LogP contribution in [0.15, 0.2) is 16.0 Å². The average molecular weight is 387 g/mol. The van der Waals surface area contributed by atoms with Crippen LogP contribution in [0.3, 0.4) is 0 Å². The third-order valence-corrected chi connectivity index (χ3v) is 4.21. The molecule has 2 aromatic rings. The minimum absolute atomic E-state index is 0.0965. The molecule has 0 aliphatic heterocycles. The second-order valence-electron chi connectivity index (χ2n) is 4.43. The SMILES string of the molecule is CCOC(=O)Cc1csc(NC(=O)Cn2cc(Br)c(C)n2)n1. The van der Waals surface area contributed by atoms with Gasteiger partial charge in [-0.1, -0.05) is 0 Å². The number of hydrogen-bond donors (Lipinski definition) is 1. The topological polar surface area (TPSA) is 86.1 Å². The number of carbonyl (C=O) groups excluding carboxylic acids is 2. The van der Waals surface area contributed by atoms with E-state index in [0.29, 0.717) is 17.4 Å². The molecule has 1 N–H and O–H groups in total. The third-order valence-electron chi connectivity index (χ3n) is 2.62. The number of rotatable bonds is 6. The van der Waals surface area contributed by atoms with Crippen molar-refractivity contribution in [1.82, 2.24) is 14.8 Å². The summed E-state index contributed by atoms with van der Waals surface area (Å²) in [7, 11) is 0. The van der Waals surface area contributed by atoms with Crippen LogP contribution in [-0.4, -0.2) is 33.2 Å². The Morgan fingerprint density at radius 2 is 2.27 bits per heavy atom. The summed E-state index contributed by atoms with van der Waals surface area (Å²) in [5.41, 5.74) is 1.40. The fraction of sp³-hybridized carbons (Fsp3) is 0.385. The number of carbonyl (C=O) groups is 2. The minimum atomic E-state index is -0.331. The molecule has 0 spiro atoms. The Labute approximate surface area is 139 Å². The van der Waals surface area contributed by atoms with Crippen molar-refractivity contribution in [3.8, 4) is 0 Å². The normalized spacial score (nSPS) is 10.5. The van der Waals surface area contributed by atoms with Crippen molar-refractivity contribution in [2.75, 3.05) is 11.9 Å². The average Bonchev–Trinajstić information content (AvgIpc) is 2.97. The van der Waals surface area contributed by atoms with Gasteiger partial charge in [0.2, 0.25) is 5.91 Å². The molecule has 2 aromatic heterocycles. The van der Waals surface area contributed by atoms with E-state index in [-0.39, 0.29) is 24.8 Å². The van der Waals surface area contributed by atoms with E-state index in [2.05, 4.69) is 31.3 Å². The molecular formula is C13H15BrN4O3S. The fourth-order valence-corrected chi connectivity index (χ4v) is 2.73. The number of halogens is 1. The highest BCUT2D eigenvalue weighted by Crippen LogP contribution is 2.17. The van der Waals surface area contributed by atoms with E-state index in [4.69, 9.17) is 4.74 Å². The molecule has 0 unspecified atom stereocenters. The zero-order valence-electron chi connectivity index (χ0n) is 12.1. The van der Waals surface area contributed by atoms with E-state index in [1.807, 2.05) is 6.92 Å². The van der Waals surface area contributed by atoms with E-state index >= 15 is 0 Å². The molecule has 118 valence electrons. The fourth-order valence-electron chi connectivity index (χ4n) is 1.69. The summed E-state index contributed by atoms with van der Waals surface area (Å²) in [6, 6.07) is 0. The lowest BCUT2D eigenvalue weighted by molar-refractivity contribution is -0.142. The molecule has 9 heteroatoms. The lowest BCUT2D eigenvalue weighted by Gasteiger charge is -2.01. The van der Waals surface area contributed by atoms with E-state index < -0.39 is 0 Å². The van der Waals surface area contributed by atoms with E-state index in [1.54, 1.807) is 23.2 Å². The number of amides is 1. The number of aryl methyl sites for hydroxylation is 1. The van der Waals surface area contributed by atoms with Crippen molar-refractivity contribution in [3.05, 3.63) is 27.4 Å². The molecule has 0 fully saturated rings. The summed E-state index contributed by atoms with van der Waals surface area (Å²) in [5.74, 6) is -0.561. The number of anilines is 1. The van der Waals surface area contributed by atoms with Crippen LogP contribution in [0.25, 0.3) is 0 Å². The first-order valence-electron chi connectivity index (χ1n) is 6.57. The molecule has 2 heterocycles. The Hall–Kier alpha value is -1.74. The lowest BCUT2D eigenvalue weighted by atomic mass is 10.3. The van der Waals surface area contributed by atoms with Gasteiger partial charge in [0.1, 0.15) is 6.54 Å². The molecule has 0 aromatic carbocycles. The van der Waals surface area contributed by atoms with Crippen molar-refractivity contribution in [2.45, 2.75) is 26.8 Å². The first-order chi connectivity index (χ1) is 10.5. The number of thiazole rings is 1. The number of aromatic nitrogens is 3. The van der Waals surface area contributed by atoms with Gasteiger partial charge in [0, 0.05) is 11.6 Å². The predicted octanol–water partition coefficient (Wildman–Crippen LogP) is 2.15. The number of nitrogens with one attached hydrogen (secondary N) is 1. The van der Waals surface area contributed by atoms with Gasteiger partial charge in [-0.05, 0) is 29.8 Å². The minimum Gasteiger partial charge on any atom is -0.466 e. The van der Waals surface area contributed by atoms with Crippen LogP contribution < -0.4 is 5.32 Å². The third kappa shape index (κ3) is 4.63. The lowest BCUT2D eigenvalue weighted by Crippen LogP contribution is -2.19. The number of ether oxygens (including phenoxy) is 1. The van der Waals surface area contributed by atoms with Crippen LogP contribution in [0.1, 0.15) is 18.3 Å². The van der Waals surface area contributed by atoms with Crippen molar-refractivity contribution in [3.63, 3.8) is 0 Å². The van der Waals surface area contributed by atoms with Crippen LogP contribution in [0.4, 0.5) is 5.13 Å². The van der Waals surface area contributed by atoms with E-state index in [1.165, 1.54) is 11.3 Å². The molecule has 2 rings (SSSR count). The van der Waals surface area contributed by atoms with Gasteiger partial charge in [0.05, 0.1) is 28.9 Å². The quantitative estimate of drug-likeness (QED) is 0.768. The molecule has 0 aliphatic rings. The van der Waals surface area contributed by atoms with Crippen LogP contribution >= 0.6 is 27.3 Å². The van der Waals surface area contributed by atoms with Gasteiger partial charge in [0.25, 0.3) is 0 Å².